The highest BCUT2D eigenvalue weighted by molar-refractivity contribution is 6.04. The molecule has 4 nitrogen and oxygen atoms in total. The van der Waals surface area contributed by atoms with Gasteiger partial charge in [-0.15, -0.1) is 0 Å². The van der Waals surface area contributed by atoms with E-state index in [1.807, 2.05) is 0 Å². The molecule has 2 aromatic rings. The van der Waals surface area contributed by atoms with Crippen molar-refractivity contribution in [1.29, 1.82) is 0 Å². The number of halogens is 1. The van der Waals surface area contributed by atoms with Gasteiger partial charge < -0.3 is 10.4 Å². The smallest absolute Gasteiger partial charge is 0.257 e. The highest BCUT2D eigenvalue weighted by Gasteiger charge is 2.08. The number of hydrogen-bond donors (Lipinski definition) is 2. The number of carbonyl (C=O) groups excluding carboxylic acids is 1. The van der Waals surface area contributed by atoms with Gasteiger partial charge in [0.15, 0.2) is 0 Å². The summed E-state index contributed by atoms with van der Waals surface area (Å²) in [5, 5.41) is 11.8. The Balaban J connectivity index is 2.18. The second-order valence-electron chi connectivity index (χ2n) is 3.85. The maximum atomic E-state index is 13.1. The van der Waals surface area contributed by atoms with Gasteiger partial charge in [0, 0.05) is 11.9 Å². The predicted molar refractivity (Wildman–Crippen MR) is 65.0 cm³/mol. The Bertz CT molecular complexity index is 599. The Hall–Kier alpha value is -2.43. The van der Waals surface area contributed by atoms with Gasteiger partial charge in [0.05, 0.1) is 11.8 Å². The van der Waals surface area contributed by atoms with E-state index in [1.54, 1.807) is 6.92 Å². The summed E-state index contributed by atoms with van der Waals surface area (Å²) in [6, 6.07) is 5.59. The molecule has 1 amide bonds. The van der Waals surface area contributed by atoms with Crippen molar-refractivity contribution in [3.63, 3.8) is 0 Å². The monoisotopic (exact) mass is 246 g/mol. The third-order valence-electron chi connectivity index (χ3n) is 2.40. The molecule has 0 fully saturated rings. The lowest BCUT2D eigenvalue weighted by Crippen LogP contribution is -2.12. The van der Waals surface area contributed by atoms with Crippen LogP contribution in [0, 0.1) is 12.7 Å². The molecule has 0 aliphatic carbocycles. The van der Waals surface area contributed by atoms with E-state index in [4.69, 9.17) is 0 Å². The second kappa shape index (κ2) is 4.83. The van der Waals surface area contributed by atoms with Crippen LogP contribution in [0.25, 0.3) is 0 Å². The molecule has 18 heavy (non-hydrogen) atoms. The molecule has 0 spiro atoms. The minimum Gasteiger partial charge on any atom is -0.506 e. The zero-order valence-corrected chi connectivity index (χ0v) is 9.64. The maximum absolute atomic E-state index is 13.1. The van der Waals surface area contributed by atoms with Crippen LogP contribution in [-0.4, -0.2) is 16.0 Å². The van der Waals surface area contributed by atoms with Gasteiger partial charge in [-0.3, -0.25) is 9.78 Å². The first-order valence-electron chi connectivity index (χ1n) is 5.28. The lowest BCUT2D eigenvalue weighted by atomic mass is 10.2. The van der Waals surface area contributed by atoms with Crippen molar-refractivity contribution in [2.45, 2.75) is 6.92 Å². The van der Waals surface area contributed by atoms with Gasteiger partial charge in [-0.1, -0.05) is 0 Å². The summed E-state index contributed by atoms with van der Waals surface area (Å²) in [6.45, 7) is 1.61. The molecule has 5 heteroatoms. The van der Waals surface area contributed by atoms with Crippen molar-refractivity contribution in [2.75, 3.05) is 5.32 Å². The molecule has 0 bridgehead atoms. The highest BCUT2D eigenvalue weighted by Crippen LogP contribution is 2.15. The maximum Gasteiger partial charge on any atom is 0.257 e. The normalized spacial score (nSPS) is 10.1. The summed E-state index contributed by atoms with van der Waals surface area (Å²) in [5.41, 5.74) is 1.17. The van der Waals surface area contributed by atoms with E-state index < -0.39 is 5.91 Å². The van der Waals surface area contributed by atoms with Crippen LogP contribution in [0.1, 0.15) is 15.9 Å². The Morgan fingerprint density at radius 3 is 2.78 bits per heavy atom. The van der Waals surface area contributed by atoms with Crippen molar-refractivity contribution < 1.29 is 14.3 Å². The van der Waals surface area contributed by atoms with Crippen LogP contribution in [0.15, 0.2) is 36.7 Å². The van der Waals surface area contributed by atoms with Gasteiger partial charge in [-0.2, -0.15) is 0 Å². The lowest BCUT2D eigenvalue weighted by Gasteiger charge is -2.06. The zero-order valence-electron chi connectivity index (χ0n) is 9.64. The first kappa shape index (κ1) is 12.0. The van der Waals surface area contributed by atoms with Crippen molar-refractivity contribution in [2.24, 2.45) is 0 Å². The van der Waals surface area contributed by atoms with Crippen LogP contribution in [0.3, 0.4) is 0 Å². The van der Waals surface area contributed by atoms with Gasteiger partial charge in [0.1, 0.15) is 11.6 Å². The Morgan fingerprint density at radius 2 is 2.11 bits per heavy atom. The van der Waals surface area contributed by atoms with E-state index in [9.17, 15) is 14.3 Å². The summed E-state index contributed by atoms with van der Waals surface area (Å²) < 4.78 is 13.1. The molecule has 0 atom stereocenters. The van der Waals surface area contributed by atoms with Crippen molar-refractivity contribution in [3.8, 4) is 5.75 Å². The minimum atomic E-state index is -0.413. The first-order chi connectivity index (χ1) is 8.56. The van der Waals surface area contributed by atoms with Crippen molar-refractivity contribution >= 4 is 11.6 Å². The number of amides is 1. The average molecular weight is 246 g/mol. The highest BCUT2D eigenvalue weighted by atomic mass is 19.1. The number of nitrogens with zero attached hydrogens (tertiary/aromatic N) is 1. The number of aromatic nitrogens is 1. The number of hydrogen-bond acceptors (Lipinski definition) is 3. The number of anilines is 1. The molecule has 2 N–H and O–H groups in total. The van der Waals surface area contributed by atoms with Crippen molar-refractivity contribution in [3.05, 3.63) is 53.6 Å². The van der Waals surface area contributed by atoms with Crippen LogP contribution in [0.4, 0.5) is 10.1 Å². The molecule has 0 unspecified atom stereocenters. The molecule has 1 aromatic heterocycles. The summed E-state index contributed by atoms with van der Waals surface area (Å²) >= 11 is 0. The fourth-order valence-corrected chi connectivity index (χ4v) is 1.48. The van der Waals surface area contributed by atoms with Crippen LogP contribution in [0.5, 0.6) is 5.75 Å². The molecule has 1 heterocycles. The Labute approximate surface area is 103 Å². The van der Waals surface area contributed by atoms with E-state index in [0.717, 1.165) is 0 Å². The molecule has 0 radical (unpaired) electrons. The largest absolute Gasteiger partial charge is 0.506 e. The SMILES string of the molecule is Cc1cc(NC(=O)c2cncc(O)c2)ccc1F. The van der Waals surface area contributed by atoms with Gasteiger partial charge in [-0.05, 0) is 36.8 Å². The quantitative estimate of drug-likeness (QED) is 0.855. The molecule has 0 aliphatic rings. The number of pyridine rings is 1. The number of rotatable bonds is 2. The van der Waals surface area contributed by atoms with E-state index >= 15 is 0 Å². The lowest BCUT2D eigenvalue weighted by molar-refractivity contribution is 0.102. The number of nitrogens with one attached hydrogen (secondary N) is 1. The van der Waals surface area contributed by atoms with E-state index in [1.165, 1.54) is 36.7 Å². The summed E-state index contributed by atoms with van der Waals surface area (Å²) in [7, 11) is 0. The van der Waals surface area contributed by atoms with Crippen LogP contribution >= 0.6 is 0 Å². The standard InChI is InChI=1S/C13H11FN2O2/c1-8-4-10(2-3-12(8)14)16-13(18)9-5-11(17)7-15-6-9/h2-7,17H,1H3,(H,16,18). The molecule has 0 saturated heterocycles. The zero-order chi connectivity index (χ0) is 13.1. The number of aryl methyl sites for hydroxylation is 1. The van der Waals surface area contributed by atoms with Crippen LogP contribution in [0.2, 0.25) is 0 Å². The van der Waals surface area contributed by atoms with Crippen molar-refractivity contribution in [1.82, 2.24) is 4.98 Å². The third kappa shape index (κ3) is 2.63. The Kier molecular flexibility index (Phi) is 3.23. The van der Waals surface area contributed by atoms with Crippen LogP contribution in [-0.2, 0) is 0 Å². The van der Waals surface area contributed by atoms with Gasteiger partial charge >= 0.3 is 0 Å². The number of aromatic hydroxyl groups is 1. The first-order valence-corrected chi connectivity index (χ1v) is 5.28. The predicted octanol–water partition coefficient (Wildman–Crippen LogP) is 2.49. The summed E-state index contributed by atoms with van der Waals surface area (Å²) in [4.78, 5) is 15.5. The summed E-state index contributed by atoms with van der Waals surface area (Å²) in [5.74, 6) is -0.825. The minimum absolute atomic E-state index is 0.0852. The topological polar surface area (TPSA) is 62.2 Å². The number of carbonyl (C=O) groups is 1. The molecule has 0 aliphatic heterocycles. The molecule has 2 rings (SSSR count). The average Bonchev–Trinajstić information content (AvgIpc) is 2.34. The van der Waals surface area contributed by atoms with Gasteiger partial charge in [0.2, 0.25) is 0 Å². The molecule has 0 saturated carbocycles. The molecule has 1 aromatic carbocycles. The fraction of sp³-hybridized carbons (Fsp3) is 0.0769. The molecular weight excluding hydrogens is 235 g/mol. The third-order valence-corrected chi connectivity index (χ3v) is 2.40. The van der Waals surface area contributed by atoms with Gasteiger partial charge in [-0.25, -0.2) is 4.39 Å². The van der Waals surface area contributed by atoms with E-state index in [0.29, 0.717) is 11.3 Å². The fourth-order valence-electron chi connectivity index (χ4n) is 1.48. The van der Waals surface area contributed by atoms with Gasteiger partial charge in [0.25, 0.3) is 5.91 Å². The molecular formula is C13H11FN2O2. The number of benzene rings is 1. The van der Waals surface area contributed by atoms with Crippen LogP contribution < -0.4 is 5.32 Å². The summed E-state index contributed by atoms with van der Waals surface area (Å²) in [6.07, 6.45) is 2.57. The molecule has 92 valence electrons. The van der Waals surface area contributed by atoms with E-state index in [-0.39, 0.29) is 17.1 Å². The Morgan fingerprint density at radius 1 is 1.33 bits per heavy atom. The second-order valence-corrected chi connectivity index (χ2v) is 3.85. The van der Waals surface area contributed by atoms with E-state index in [2.05, 4.69) is 10.3 Å².